The Morgan fingerprint density at radius 1 is 1.62 bits per heavy atom. The lowest BCUT2D eigenvalue weighted by atomic mass is 9.93. The van der Waals surface area contributed by atoms with Crippen molar-refractivity contribution in [1.82, 2.24) is 9.88 Å². The highest BCUT2D eigenvalue weighted by Gasteiger charge is 2.29. The number of carbonyl (C=O) groups excluding carboxylic acids is 1. The minimum atomic E-state index is 0.0932. The Labute approximate surface area is 95.8 Å². The average Bonchev–Trinajstić information content (AvgIpc) is 2.82. The van der Waals surface area contributed by atoms with Crippen LogP contribution in [-0.2, 0) is 0 Å². The van der Waals surface area contributed by atoms with Gasteiger partial charge in [0.2, 0.25) is 0 Å². The van der Waals surface area contributed by atoms with E-state index in [0.717, 1.165) is 19.4 Å². The molecule has 1 aromatic rings. The number of hydrogen-bond donors (Lipinski definition) is 2. The van der Waals surface area contributed by atoms with Crippen molar-refractivity contribution in [3.05, 3.63) is 24.0 Å². The van der Waals surface area contributed by atoms with E-state index in [0.29, 0.717) is 24.2 Å². The number of nitrogens with two attached hydrogens (primary N) is 1. The van der Waals surface area contributed by atoms with Crippen molar-refractivity contribution in [3.63, 3.8) is 0 Å². The molecule has 4 nitrogen and oxygen atoms in total. The van der Waals surface area contributed by atoms with Gasteiger partial charge < -0.3 is 15.6 Å². The maximum atomic E-state index is 12.2. The molecule has 3 N–H and O–H groups in total. The van der Waals surface area contributed by atoms with Crippen LogP contribution in [0.2, 0.25) is 0 Å². The third-order valence-corrected chi connectivity index (χ3v) is 3.40. The molecule has 1 amide bonds. The number of carbonyl (C=O) groups is 1. The number of piperidine rings is 1. The van der Waals surface area contributed by atoms with Crippen LogP contribution in [0.1, 0.15) is 30.3 Å². The molecule has 0 aliphatic carbocycles. The molecule has 2 rings (SSSR count). The van der Waals surface area contributed by atoms with Gasteiger partial charge in [-0.15, -0.1) is 0 Å². The second-order valence-electron chi connectivity index (χ2n) is 4.57. The first kappa shape index (κ1) is 11.2. The maximum absolute atomic E-state index is 12.2. The number of H-pyrrole nitrogens is 1. The third-order valence-electron chi connectivity index (χ3n) is 3.40. The monoisotopic (exact) mass is 221 g/mol. The van der Waals surface area contributed by atoms with E-state index in [4.69, 9.17) is 5.73 Å². The summed E-state index contributed by atoms with van der Waals surface area (Å²) in [5.41, 5.74) is 6.35. The molecule has 4 heteroatoms. The minimum absolute atomic E-state index is 0.0932. The van der Waals surface area contributed by atoms with Crippen LogP contribution < -0.4 is 5.73 Å². The lowest BCUT2D eigenvalue weighted by Crippen LogP contribution is -2.47. The highest BCUT2D eigenvalue weighted by atomic mass is 16.2. The van der Waals surface area contributed by atoms with Gasteiger partial charge in [0.25, 0.3) is 5.91 Å². The van der Waals surface area contributed by atoms with E-state index < -0.39 is 0 Å². The largest absolute Gasteiger partial charge is 0.357 e. The summed E-state index contributed by atoms with van der Waals surface area (Å²) in [4.78, 5) is 17.1. The summed E-state index contributed by atoms with van der Waals surface area (Å²) in [7, 11) is 0. The quantitative estimate of drug-likeness (QED) is 0.788. The molecule has 0 bridgehead atoms. The molecule has 2 atom stereocenters. The third kappa shape index (κ3) is 2.11. The van der Waals surface area contributed by atoms with Gasteiger partial charge in [-0.2, -0.15) is 0 Å². The molecule has 1 fully saturated rings. The lowest BCUT2D eigenvalue weighted by molar-refractivity contribution is 0.0561. The smallest absolute Gasteiger partial charge is 0.270 e. The highest BCUT2D eigenvalue weighted by Crippen LogP contribution is 2.22. The summed E-state index contributed by atoms with van der Waals surface area (Å²) in [6.45, 7) is 3.56. The average molecular weight is 221 g/mol. The summed E-state index contributed by atoms with van der Waals surface area (Å²) in [5, 5.41) is 0. The second-order valence-corrected chi connectivity index (χ2v) is 4.57. The van der Waals surface area contributed by atoms with Gasteiger partial charge in [-0.05, 0) is 44.4 Å². The van der Waals surface area contributed by atoms with Crippen molar-refractivity contribution in [2.75, 3.05) is 13.1 Å². The van der Waals surface area contributed by atoms with Gasteiger partial charge in [0.15, 0.2) is 0 Å². The van der Waals surface area contributed by atoms with Gasteiger partial charge in [0.1, 0.15) is 5.69 Å². The highest BCUT2D eigenvalue weighted by molar-refractivity contribution is 5.92. The fourth-order valence-electron chi connectivity index (χ4n) is 2.28. The number of aromatic amines is 1. The van der Waals surface area contributed by atoms with E-state index in [9.17, 15) is 4.79 Å². The predicted octanol–water partition coefficient (Wildman–Crippen LogP) is 1.21. The van der Waals surface area contributed by atoms with E-state index in [1.54, 1.807) is 6.20 Å². The Morgan fingerprint density at radius 2 is 2.44 bits per heavy atom. The fourth-order valence-corrected chi connectivity index (χ4v) is 2.28. The van der Waals surface area contributed by atoms with Crippen molar-refractivity contribution in [1.29, 1.82) is 0 Å². The molecule has 2 unspecified atom stereocenters. The van der Waals surface area contributed by atoms with E-state index >= 15 is 0 Å². The second kappa shape index (κ2) is 4.70. The number of aromatic nitrogens is 1. The van der Waals surface area contributed by atoms with Crippen molar-refractivity contribution >= 4 is 5.91 Å². The van der Waals surface area contributed by atoms with Crippen molar-refractivity contribution in [2.45, 2.75) is 25.8 Å². The van der Waals surface area contributed by atoms with Crippen LogP contribution in [0.3, 0.4) is 0 Å². The molecule has 1 aliphatic heterocycles. The van der Waals surface area contributed by atoms with Crippen LogP contribution in [0.5, 0.6) is 0 Å². The fraction of sp³-hybridized carbons (Fsp3) is 0.583. The number of rotatable bonds is 2. The molecule has 0 radical (unpaired) electrons. The van der Waals surface area contributed by atoms with Gasteiger partial charge in [0.05, 0.1) is 0 Å². The van der Waals surface area contributed by atoms with Gasteiger partial charge in [-0.1, -0.05) is 0 Å². The van der Waals surface area contributed by atoms with Gasteiger partial charge >= 0.3 is 0 Å². The zero-order valence-corrected chi connectivity index (χ0v) is 9.65. The maximum Gasteiger partial charge on any atom is 0.270 e. The SMILES string of the molecule is CC1CCC(CN)CN1C(=O)c1ccc[nH]1. The first-order valence-electron chi connectivity index (χ1n) is 5.86. The van der Waals surface area contributed by atoms with E-state index in [-0.39, 0.29) is 5.91 Å². The number of hydrogen-bond acceptors (Lipinski definition) is 2. The molecule has 0 aromatic carbocycles. The van der Waals surface area contributed by atoms with Crippen LogP contribution in [0.25, 0.3) is 0 Å². The molecular weight excluding hydrogens is 202 g/mol. The normalized spacial score (nSPS) is 25.8. The van der Waals surface area contributed by atoms with Crippen molar-refractivity contribution in [3.8, 4) is 0 Å². The molecule has 1 aromatic heterocycles. The zero-order chi connectivity index (χ0) is 11.5. The standard InChI is InChI=1S/C12H19N3O/c1-9-4-5-10(7-13)8-15(9)12(16)11-3-2-6-14-11/h2-3,6,9-10,14H,4-5,7-8,13H2,1H3. The van der Waals surface area contributed by atoms with Crippen LogP contribution in [0.15, 0.2) is 18.3 Å². The Balaban J connectivity index is 2.09. The van der Waals surface area contributed by atoms with Gasteiger partial charge in [0, 0.05) is 18.8 Å². The molecule has 2 heterocycles. The van der Waals surface area contributed by atoms with Crippen molar-refractivity contribution in [2.24, 2.45) is 11.7 Å². The van der Waals surface area contributed by atoms with Crippen LogP contribution >= 0.6 is 0 Å². The molecule has 88 valence electrons. The van der Waals surface area contributed by atoms with Crippen LogP contribution in [0.4, 0.5) is 0 Å². The number of amides is 1. The summed E-state index contributed by atoms with van der Waals surface area (Å²) in [5.74, 6) is 0.547. The summed E-state index contributed by atoms with van der Waals surface area (Å²) < 4.78 is 0. The first-order valence-corrected chi connectivity index (χ1v) is 5.86. The Hall–Kier alpha value is -1.29. The Morgan fingerprint density at radius 3 is 3.06 bits per heavy atom. The summed E-state index contributed by atoms with van der Waals surface area (Å²) in [6.07, 6.45) is 3.96. The summed E-state index contributed by atoms with van der Waals surface area (Å²) in [6, 6.07) is 3.99. The van der Waals surface area contributed by atoms with Crippen molar-refractivity contribution < 1.29 is 4.79 Å². The number of nitrogens with zero attached hydrogens (tertiary/aromatic N) is 1. The molecule has 0 saturated carbocycles. The number of likely N-dealkylation sites (tertiary alicyclic amines) is 1. The van der Waals surface area contributed by atoms with E-state index in [2.05, 4.69) is 11.9 Å². The molecule has 1 aliphatic rings. The van der Waals surface area contributed by atoms with Crippen LogP contribution in [0, 0.1) is 5.92 Å². The lowest BCUT2D eigenvalue weighted by Gasteiger charge is -2.37. The molecule has 1 saturated heterocycles. The molecule has 16 heavy (non-hydrogen) atoms. The Bertz CT molecular complexity index is 347. The van der Waals surface area contributed by atoms with E-state index in [1.165, 1.54) is 0 Å². The minimum Gasteiger partial charge on any atom is -0.357 e. The summed E-state index contributed by atoms with van der Waals surface area (Å²) >= 11 is 0. The molecule has 0 spiro atoms. The number of nitrogens with one attached hydrogen (secondary N) is 1. The zero-order valence-electron chi connectivity index (χ0n) is 9.65. The topological polar surface area (TPSA) is 62.1 Å². The first-order chi connectivity index (χ1) is 7.72. The Kier molecular flexibility index (Phi) is 3.29. The predicted molar refractivity (Wildman–Crippen MR) is 63.1 cm³/mol. The van der Waals surface area contributed by atoms with Crippen LogP contribution in [-0.4, -0.2) is 34.9 Å². The van der Waals surface area contributed by atoms with E-state index in [1.807, 2.05) is 17.0 Å². The van der Waals surface area contributed by atoms with Gasteiger partial charge in [-0.25, -0.2) is 0 Å². The molecular formula is C12H19N3O. The van der Waals surface area contributed by atoms with Gasteiger partial charge in [-0.3, -0.25) is 4.79 Å².